The fourth-order valence-electron chi connectivity index (χ4n) is 1.16. The number of nitrogens with two attached hydrogens (primary N) is 1. The highest BCUT2D eigenvalue weighted by Gasteiger charge is 2.23. The first-order valence-electron chi connectivity index (χ1n) is 4.20. The summed E-state index contributed by atoms with van der Waals surface area (Å²) in [5.41, 5.74) is 5.39. The van der Waals surface area contributed by atoms with E-state index in [4.69, 9.17) is 10.2 Å². The molecule has 4 heteroatoms. The molecule has 11 heavy (non-hydrogen) atoms. The fraction of sp³-hybridized carbons (Fsp3) is 1.00. The van der Waals surface area contributed by atoms with Crippen LogP contribution in [0.15, 0.2) is 0 Å². The van der Waals surface area contributed by atoms with Gasteiger partial charge in [-0.3, -0.25) is 0 Å². The Kier molecular flexibility index (Phi) is 5.76. The highest BCUT2D eigenvalue weighted by molar-refractivity contribution is 5.98. The van der Waals surface area contributed by atoms with Crippen molar-refractivity contribution in [2.24, 2.45) is 5.73 Å². The van der Waals surface area contributed by atoms with Gasteiger partial charge in [0, 0.05) is 13.2 Å². The van der Waals surface area contributed by atoms with Gasteiger partial charge in [0.05, 0.1) is 5.60 Å². The fourth-order valence-corrected chi connectivity index (χ4v) is 1.88. The molecule has 0 aromatic rings. The molecule has 0 amide bonds. The van der Waals surface area contributed by atoms with Crippen molar-refractivity contribution < 1.29 is 4.43 Å². The van der Waals surface area contributed by atoms with Crippen molar-refractivity contribution in [2.75, 3.05) is 13.2 Å². The van der Waals surface area contributed by atoms with Gasteiger partial charge in [-0.15, -0.1) is 0 Å². The molecule has 68 valence electrons. The maximum Gasteiger partial charge on any atom is 0.146 e. The van der Waals surface area contributed by atoms with Gasteiger partial charge < -0.3 is 15.5 Å². The molecule has 0 aromatic heterocycles. The van der Waals surface area contributed by atoms with E-state index < -0.39 is 0 Å². The first kappa shape index (κ1) is 11.1. The summed E-state index contributed by atoms with van der Waals surface area (Å²) in [4.78, 5) is 0. The molecule has 3 nitrogen and oxygen atoms in total. The molecule has 0 aliphatic rings. The Morgan fingerprint density at radius 1 is 1.45 bits per heavy atom. The molecule has 0 aliphatic heterocycles. The van der Waals surface area contributed by atoms with E-state index in [9.17, 15) is 0 Å². The lowest BCUT2D eigenvalue weighted by molar-refractivity contribution is 0.0708. The summed E-state index contributed by atoms with van der Waals surface area (Å²) in [6.07, 6.45) is 2.11. The van der Waals surface area contributed by atoms with E-state index in [-0.39, 0.29) is 5.60 Å². The average molecular weight is 176 g/mol. The largest absolute Gasteiger partial charge is 0.421 e. The summed E-state index contributed by atoms with van der Waals surface area (Å²) in [5.74, 6) is 0. The summed E-state index contributed by atoms with van der Waals surface area (Å²) in [6.45, 7) is 5.71. The molecule has 0 unspecified atom stereocenters. The van der Waals surface area contributed by atoms with Gasteiger partial charge in [0.2, 0.25) is 0 Å². The van der Waals surface area contributed by atoms with Crippen molar-refractivity contribution in [3.8, 4) is 0 Å². The molecule has 0 bridgehead atoms. The molecule has 0 saturated carbocycles. The molecule has 0 fully saturated rings. The van der Waals surface area contributed by atoms with Crippen molar-refractivity contribution >= 4 is 10.5 Å². The zero-order valence-electron chi connectivity index (χ0n) is 7.81. The van der Waals surface area contributed by atoms with Crippen LogP contribution >= 0.6 is 0 Å². The Balaban J connectivity index is 3.84. The zero-order chi connectivity index (χ0) is 8.74. The molecule has 0 radical (unpaired) electrons. The van der Waals surface area contributed by atoms with Crippen LogP contribution in [0.2, 0.25) is 0 Å². The third kappa shape index (κ3) is 3.33. The van der Waals surface area contributed by atoms with Crippen molar-refractivity contribution in [2.45, 2.75) is 32.3 Å². The Hall–Kier alpha value is 0.0969. The van der Waals surface area contributed by atoms with E-state index in [1.807, 2.05) is 0 Å². The van der Waals surface area contributed by atoms with Gasteiger partial charge in [0.1, 0.15) is 10.5 Å². The SMILES string of the molecule is CCC(CC)(CNCN)O[SiH3]. The number of hydrogen-bond acceptors (Lipinski definition) is 3. The second kappa shape index (κ2) is 5.71. The van der Waals surface area contributed by atoms with Gasteiger partial charge in [-0.25, -0.2) is 0 Å². The highest BCUT2D eigenvalue weighted by atomic mass is 28.2. The van der Waals surface area contributed by atoms with Crippen LogP contribution in [0.3, 0.4) is 0 Å². The lowest BCUT2D eigenvalue weighted by Crippen LogP contribution is -2.43. The van der Waals surface area contributed by atoms with E-state index in [1.165, 1.54) is 0 Å². The summed E-state index contributed by atoms with van der Waals surface area (Å²) in [6, 6.07) is 0. The number of hydrogen-bond donors (Lipinski definition) is 2. The highest BCUT2D eigenvalue weighted by Crippen LogP contribution is 2.17. The Bertz CT molecular complexity index is 88.2. The van der Waals surface area contributed by atoms with Crippen LogP contribution in [0.25, 0.3) is 0 Å². The third-order valence-electron chi connectivity index (χ3n) is 2.31. The van der Waals surface area contributed by atoms with Gasteiger partial charge >= 0.3 is 0 Å². The van der Waals surface area contributed by atoms with Crippen LogP contribution < -0.4 is 11.1 Å². The van der Waals surface area contributed by atoms with E-state index >= 15 is 0 Å². The second-order valence-corrected chi connectivity index (χ2v) is 3.13. The van der Waals surface area contributed by atoms with Crippen molar-refractivity contribution in [3.63, 3.8) is 0 Å². The summed E-state index contributed by atoms with van der Waals surface area (Å²) >= 11 is 0. The monoisotopic (exact) mass is 176 g/mol. The van der Waals surface area contributed by atoms with E-state index in [0.29, 0.717) is 6.67 Å². The molecule has 0 rings (SSSR count). The minimum absolute atomic E-state index is 0.0472. The maximum atomic E-state index is 5.56. The summed E-state index contributed by atoms with van der Waals surface area (Å²) in [5, 5.41) is 3.12. The van der Waals surface area contributed by atoms with Gasteiger partial charge in [-0.05, 0) is 12.8 Å². The summed E-state index contributed by atoms with van der Waals surface area (Å²) < 4.78 is 5.56. The van der Waals surface area contributed by atoms with Crippen LogP contribution in [0.5, 0.6) is 0 Å². The van der Waals surface area contributed by atoms with Crippen LogP contribution in [-0.2, 0) is 4.43 Å². The molecule has 3 N–H and O–H groups in total. The quantitative estimate of drug-likeness (QED) is 0.417. The molecular weight excluding hydrogens is 156 g/mol. The lowest BCUT2D eigenvalue weighted by Gasteiger charge is -2.31. The predicted molar refractivity (Wildman–Crippen MR) is 51.4 cm³/mol. The molecular formula is C7H20N2OSi. The number of rotatable bonds is 6. The first-order valence-corrected chi connectivity index (χ1v) is 5.02. The van der Waals surface area contributed by atoms with Crippen LogP contribution in [0.1, 0.15) is 26.7 Å². The minimum atomic E-state index is 0.0472. The van der Waals surface area contributed by atoms with Crippen LogP contribution in [0.4, 0.5) is 0 Å². The first-order chi connectivity index (χ1) is 5.24. The lowest BCUT2D eigenvalue weighted by atomic mass is 9.98. The standard InChI is InChI=1S/C7H20N2OSi/c1-3-7(4-2,10-11)5-9-6-8/h9H,3-6,8H2,1-2,11H3. The predicted octanol–water partition coefficient (Wildman–Crippen LogP) is -0.652. The molecule has 0 saturated heterocycles. The van der Waals surface area contributed by atoms with Gasteiger partial charge in [0.15, 0.2) is 0 Å². The maximum absolute atomic E-state index is 5.56. The summed E-state index contributed by atoms with van der Waals surface area (Å²) in [7, 11) is 0.801. The molecule has 0 heterocycles. The third-order valence-corrected chi connectivity index (χ3v) is 3.18. The van der Waals surface area contributed by atoms with Gasteiger partial charge in [0.25, 0.3) is 0 Å². The molecule has 0 aliphatic carbocycles. The Labute approximate surface area is 72.2 Å². The van der Waals surface area contributed by atoms with Crippen LogP contribution in [-0.4, -0.2) is 29.3 Å². The second-order valence-electron chi connectivity index (χ2n) is 2.73. The van der Waals surface area contributed by atoms with Crippen molar-refractivity contribution in [1.29, 1.82) is 0 Å². The Morgan fingerprint density at radius 3 is 2.27 bits per heavy atom. The van der Waals surface area contributed by atoms with E-state index in [1.54, 1.807) is 0 Å². The minimum Gasteiger partial charge on any atom is -0.421 e. The topological polar surface area (TPSA) is 47.3 Å². The normalized spacial score (nSPS) is 12.3. The van der Waals surface area contributed by atoms with E-state index in [0.717, 1.165) is 29.9 Å². The van der Waals surface area contributed by atoms with Gasteiger partial charge in [-0.2, -0.15) is 0 Å². The smallest absolute Gasteiger partial charge is 0.146 e. The molecule has 0 spiro atoms. The Morgan fingerprint density at radius 2 is 2.00 bits per heavy atom. The van der Waals surface area contributed by atoms with Crippen molar-refractivity contribution in [1.82, 2.24) is 5.32 Å². The van der Waals surface area contributed by atoms with Gasteiger partial charge in [-0.1, -0.05) is 13.8 Å². The average Bonchev–Trinajstić information content (AvgIpc) is 2.08. The number of nitrogens with one attached hydrogen (secondary N) is 1. The van der Waals surface area contributed by atoms with Crippen molar-refractivity contribution in [3.05, 3.63) is 0 Å². The zero-order valence-corrected chi connectivity index (χ0v) is 9.81. The molecule has 0 atom stereocenters. The van der Waals surface area contributed by atoms with Crippen LogP contribution in [0, 0.1) is 0 Å². The molecule has 0 aromatic carbocycles. The van der Waals surface area contributed by atoms with E-state index in [2.05, 4.69) is 19.2 Å².